The molecule has 0 atom stereocenters. The number of aromatic carboxylic acids is 1. The molecule has 3 aromatic heterocycles. The number of hydrogen-bond donors (Lipinski definition) is 1. The van der Waals surface area contributed by atoms with E-state index in [1.165, 1.54) is 6.07 Å². The van der Waals surface area contributed by atoms with Gasteiger partial charge in [0.25, 0.3) is 0 Å². The highest BCUT2D eigenvalue weighted by atomic mass is 16.5. The molecule has 0 aliphatic rings. The van der Waals surface area contributed by atoms with Gasteiger partial charge in [-0.05, 0) is 48.5 Å². The van der Waals surface area contributed by atoms with Crippen molar-refractivity contribution in [2.75, 3.05) is 7.11 Å². The summed E-state index contributed by atoms with van der Waals surface area (Å²) >= 11 is 0. The van der Waals surface area contributed by atoms with E-state index in [9.17, 15) is 9.90 Å². The van der Waals surface area contributed by atoms with E-state index in [1.807, 2.05) is 42.6 Å². The van der Waals surface area contributed by atoms with Crippen molar-refractivity contribution in [2.24, 2.45) is 0 Å². The molecule has 0 aliphatic heterocycles. The van der Waals surface area contributed by atoms with Crippen molar-refractivity contribution >= 4 is 16.9 Å². The van der Waals surface area contributed by atoms with Gasteiger partial charge < -0.3 is 14.4 Å². The zero-order valence-corrected chi connectivity index (χ0v) is 14.7. The SMILES string of the molecule is COc1ccc2c(c1)cc(-c1cccnc1)n2Cc1cccc(C(=O)O)n1. The molecule has 0 saturated heterocycles. The minimum atomic E-state index is -1.04. The molecule has 0 amide bonds. The molecule has 134 valence electrons. The summed E-state index contributed by atoms with van der Waals surface area (Å²) in [5.41, 5.74) is 3.68. The standard InChI is InChI=1S/C21H17N3O3/c1-27-17-7-8-19-15(10-17)11-20(14-4-3-9-22-12-14)24(19)13-16-5-2-6-18(23-16)21(25)26/h2-12H,13H2,1H3,(H,25,26). The third kappa shape index (κ3) is 3.25. The number of hydrogen-bond acceptors (Lipinski definition) is 4. The third-order valence-corrected chi connectivity index (χ3v) is 4.41. The molecule has 0 unspecified atom stereocenters. The largest absolute Gasteiger partial charge is 0.497 e. The van der Waals surface area contributed by atoms with Crippen LogP contribution in [0.2, 0.25) is 0 Å². The summed E-state index contributed by atoms with van der Waals surface area (Å²) in [6.07, 6.45) is 3.54. The van der Waals surface area contributed by atoms with Crippen LogP contribution in [0.1, 0.15) is 16.2 Å². The number of ether oxygens (including phenoxy) is 1. The first-order valence-corrected chi connectivity index (χ1v) is 8.42. The van der Waals surface area contributed by atoms with Crippen LogP contribution in [0.25, 0.3) is 22.2 Å². The molecule has 0 fully saturated rings. The Bertz CT molecular complexity index is 1120. The van der Waals surface area contributed by atoms with Gasteiger partial charge in [-0.3, -0.25) is 4.98 Å². The van der Waals surface area contributed by atoms with E-state index in [0.717, 1.165) is 27.9 Å². The molecule has 6 heteroatoms. The highest BCUT2D eigenvalue weighted by molar-refractivity contribution is 5.88. The summed E-state index contributed by atoms with van der Waals surface area (Å²) < 4.78 is 7.45. The lowest BCUT2D eigenvalue weighted by Gasteiger charge is -2.11. The van der Waals surface area contributed by atoms with Crippen molar-refractivity contribution < 1.29 is 14.6 Å². The predicted molar refractivity (Wildman–Crippen MR) is 102 cm³/mol. The van der Waals surface area contributed by atoms with Gasteiger partial charge in [-0.25, -0.2) is 9.78 Å². The zero-order valence-electron chi connectivity index (χ0n) is 14.7. The molecule has 1 N–H and O–H groups in total. The number of aromatic nitrogens is 3. The second-order valence-corrected chi connectivity index (χ2v) is 6.10. The molecule has 1 aromatic carbocycles. The van der Waals surface area contributed by atoms with Gasteiger partial charge in [0.05, 0.1) is 25.0 Å². The van der Waals surface area contributed by atoms with E-state index in [0.29, 0.717) is 12.2 Å². The monoisotopic (exact) mass is 359 g/mol. The lowest BCUT2D eigenvalue weighted by Crippen LogP contribution is -2.07. The third-order valence-electron chi connectivity index (χ3n) is 4.41. The smallest absolute Gasteiger partial charge is 0.354 e. The maximum Gasteiger partial charge on any atom is 0.354 e. The molecule has 4 aromatic rings. The first kappa shape index (κ1) is 16.8. The second kappa shape index (κ2) is 6.92. The van der Waals surface area contributed by atoms with Crippen LogP contribution in [0, 0.1) is 0 Å². The highest BCUT2D eigenvalue weighted by Crippen LogP contribution is 2.31. The normalized spacial score (nSPS) is 10.9. The molecular formula is C21H17N3O3. The lowest BCUT2D eigenvalue weighted by atomic mass is 10.2. The lowest BCUT2D eigenvalue weighted by molar-refractivity contribution is 0.0690. The van der Waals surface area contributed by atoms with E-state index in [2.05, 4.69) is 20.6 Å². The molecule has 0 bridgehead atoms. The average Bonchev–Trinajstić information content (AvgIpc) is 3.06. The Morgan fingerprint density at radius 1 is 1.15 bits per heavy atom. The van der Waals surface area contributed by atoms with E-state index >= 15 is 0 Å². The Kier molecular flexibility index (Phi) is 4.30. The van der Waals surface area contributed by atoms with Gasteiger partial charge in [-0.2, -0.15) is 0 Å². The van der Waals surface area contributed by atoms with Gasteiger partial charge in [-0.15, -0.1) is 0 Å². The quantitative estimate of drug-likeness (QED) is 0.586. The number of benzene rings is 1. The Morgan fingerprint density at radius 2 is 2.04 bits per heavy atom. The molecule has 0 radical (unpaired) electrons. The summed E-state index contributed by atoms with van der Waals surface area (Å²) in [5, 5.41) is 10.2. The number of rotatable bonds is 5. The molecule has 3 heterocycles. The van der Waals surface area contributed by atoms with Crippen LogP contribution in [0.15, 0.2) is 67.0 Å². The van der Waals surface area contributed by atoms with Gasteiger partial charge in [0, 0.05) is 28.9 Å². The molecule has 0 saturated carbocycles. The summed E-state index contributed by atoms with van der Waals surface area (Å²) in [6, 6.07) is 16.9. The summed E-state index contributed by atoms with van der Waals surface area (Å²) in [5.74, 6) is -0.255. The molecular weight excluding hydrogens is 342 g/mol. The minimum absolute atomic E-state index is 0.0357. The maximum atomic E-state index is 11.2. The fraction of sp³-hybridized carbons (Fsp3) is 0.0952. The van der Waals surface area contributed by atoms with Crippen molar-refractivity contribution in [3.05, 3.63) is 78.4 Å². The molecule has 27 heavy (non-hydrogen) atoms. The number of fused-ring (bicyclic) bond motifs is 1. The van der Waals surface area contributed by atoms with Crippen molar-refractivity contribution in [1.82, 2.24) is 14.5 Å². The summed E-state index contributed by atoms with van der Waals surface area (Å²) in [4.78, 5) is 19.7. The van der Waals surface area contributed by atoms with Crippen LogP contribution in [-0.4, -0.2) is 32.7 Å². The first-order valence-electron chi connectivity index (χ1n) is 8.42. The Balaban J connectivity index is 1.87. The maximum absolute atomic E-state index is 11.2. The van der Waals surface area contributed by atoms with E-state index < -0.39 is 5.97 Å². The topological polar surface area (TPSA) is 77.2 Å². The van der Waals surface area contributed by atoms with Crippen LogP contribution in [0.5, 0.6) is 5.75 Å². The Morgan fingerprint density at radius 3 is 2.78 bits per heavy atom. The predicted octanol–water partition coefficient (Wildman–Crippen LogP) is 3.85. The Hall–Kier alpha value is -3.67. The van der Waals surface area contributed by atoms with Gasteiger partial charge in [0.2, 0.25) is 0 Å². The number of carboxylic acids is 1. The zero-order chi connectivity index (χ0) is 18.8. The van der Waals surface area contributed by atoms with E-state index in [4.69, 9.17) is 4.74 Å². The molecule has 0 spiro atoms. The number of pyridine rings is 2. The average molecular weight is 359 g/mol. The first-order chi connectivity index (χ1) is 13.2. The molecule has 4 rings (SSSR count). The van der Waals surface area contributed by atoms with Crippen molar-refractivity contribution in [3.8, 4) is 17.0 Å². The minimum Gasteiger partial charge on any atom is -0.497 e. The van der Waals surface area contributed by atoms with Crippen molar-refractivity contribution in [1.29, 1.82) is 0 Å². The van der Waals surface area contributed by atoms with E-state index in [-0.39, 0.29) is 5.69 Å². The van der Waals surface area contributed by atoms with Gasteiger partial charge in [-0.1, -0.05) is 6.07 Å². The second-order valence-electron chi connectivity index (χ2n) is 6.10. The highest BCUT2D eigenvalue weighted by Gasteiger charge is 2.14. The number of carbonyl (C=O) groups is 1. The summed E-state index contributed by atoms with van der Waals surface area (Å²) in [7, 11) is 1.64. The van der Waals surface area contributed by atoms with Gasteiger partial charge >= 0.3 is 5.97 Å². The number of methoxy groups -OCH3 is 1. The Labute approximate surface area is 155 Å². The van der Waals surface area contributed by atoms with Crippen LogP contribution in [0.3, 0.4) is 0 Å². The van der Waals surface area contributed by atoms with Gasteiger partial charge in [0.15, 0.2) is 0 Å². The van der Waals surface area contributed by atoms with Crippen LogP contribution in [0.4, 0.5) is 0 Å². The van der Waals surface area contributed by atoms with Crippen molar-refractivity contribution in [2.45, 2.75) is 6.54 Å². The molecule has 0 aliphatic carbocycles. The van der Waals surface area contributed by atoms with Crippen LogP contribution in [-0.2, 0) is 6.54 Å². The number of carboxylic acid groups (broad SMARTS) is 1. The van der Waals surface area contributed by atoms with E-state index in [1.54, 1.807) is 19.4 Å². The van der Waals surface area contributed by atoms with Crippen LogP contribution < -0.4 is 4.74 Å². The fourth-order valence-electron chi connectivity index (χ4n) is 3.15. The van der Waals surface area contributed by atoms with Gasteiger partial charge in [0.1, 0.15) is 11.4 Å². The number of nitrogens with zero attached hydrogens (tertiary/aromatic N) is 3. The fourth-order valence-corrected chi connectivity index (χ4v) is 3.15. The van der Waals surface area contributed by atoms with Crippen molar-refractivity contribution in [3.63, 3.8) is 0 Å². The van der Waals surface area contributed by atoms with Crippen LogP contribution >= 0.6 is 0 Å². The summed E-state index contributed by atoms with van der Waals surface area (Å²) in [6.45, 7) is 0.446. The molecule has 6 nitrogen and oxygen atoms in total.